The first-order chi connectivity index (χ1) is 12.6. The van der Waals surface area contributed by atoms with E-state index in [1.807, 2.05) is 30.3 Å². The molecular formula is C21H17ClN2O2. The lowest BCUT2D eigenvalue weighted by Crippen LogP contribution is -2.12. The van der Waals surface area contributed by atoms with E-state index in [-0.39, 0.29) is 0 Å². The molecule has 0 saturated carbocycles. The van der Waals surface area contributed by atoms with Gasteiger partial charge in [0, 0.05) is 16.8 Å². The summed E-state index contributed by atoms with van der Waals surface area (Å²) in [6, 6.07) is 20.1. The lowest BCUT2D eigenvalue weighted by Gasteiger charge is -2.08. The largest absolute Gasteiger partial charge is 0.487 e. The van der Waals surface area contributed by atoms with Crippen LogP contribution in [0.3, 0.4) is 0 Å². The van der Waals surface area contributed by atoms with Crippen molar-refractivity contribution in [1.29, 1.82) is 0 Å². The quantitative estimate of drug-likeness (QED) is 0.522. The van der Waals surface area contributed by atoms with Gasteiger partial charge in [0.25, 0.3) is 0 Å². The first-order valence-electron chi connectivity index (χ1n) is 8.02. The van der Waals surface area contributed by atoms with Crippen molar-refractivity contribution < 1.29 is 9.53 Å². The van der Waals surface area contributed by atoms with Crippen LogP contribution < -0.4 is 10.5 Å². The zero-order valence-electron chi connectivity index (χ0n) is 13.9. The number of ether oxygens (including phenoxy) is 1. The minimum Gasteiger partial charge on any atom is -0.487 e. The Balaban J connectivity index is 1.76. The Morgan fingerprint density at radius 2 is 1.77 bits per heavy atom. The minimum absolute atomic E-state index is 0.378. The Labute approximate surface area is 156 Å². The second-order valence-corrected chi connectivity index (χ2v) is 6.04. The first-order valence-corrected chi connectivity index (χ1v) is 8.40. The van der Waals surface area contributed by atoms with Crippen molar-refractivity contribution in [2.75, 3.05) is 0 Å². The molecule has 0 aliphatic heterocycles. The first kappa shape index (κ1) is 17.7. The van der Waals surface area contributed by atoms with Gasteiger partial charge in [0.1, 0.15) is 12.4 Å². The van der Waals surface area contributed by atoms with Crippen molar-refractivity contribution in [3.05, 3.63) is 94.8 Å². The van der Waals surface area contributed by atoms with Crippen LogP contribution in [0.1, 0.15) is 16.8 Å². The van der Waals surface area contributed by atoms with Gasteiger partial charge in [-0.05, 0) is 53.6 Å². The number of halogens is 1. The summed E-state index contributed by atoms with van der Waals surface area (Å²) in [6.07, 6.45) is 3.46. The molecule has 3 aromatic rings. The maximum Gasteiger partial charge on any atom is 0.249 e. The molecule has 0 spiro atoms. The van der Waals surface area contributed by atoms with E-state index in [0.717, 1.165) is 16.8 Å². The number of amides is 1. The molecule has 1 heterocycles. The van der Waals surface area contributed by atoms with E-state index in [9.17, 15) is 4.79 Å². The molecule has 0 unspecified atom stereocenters. The fraction of sp³-hybridized carbons (Fsp3) is 0.0476. The highest BCUT2D eigenvalue weighted by atomic mass is 35.5. The number of nitrogens with zero attached hydrogens (tertiary/aromatic N) is 1. The van der Waals surface area contributed by atoms with Gasteiger partial charge in [-0.1, -0.05) is 41.9 Å². The topological polar surface area (TPSA) is 65.2 Å². The molecule has 1 amide bonds. The summed E-state index contributed by atoms with van der Waals surface area (Å²) in [6.45, 7) is 0.378. The number of hydrogen-bond donors (Lipinski definition) is 1. The van der Waals surface area contributed by atoms with Gasteiger partial charge >= 0.3 is 0 Å². The maximum absolute atomic E-state index is 11.9. The monoisotopic (exact) mass is 364 g/mol. The summed E-state index contributed by atoms with van der Waals surface area (Å²) < 4.78 is 5.71. The number of rotatable bonds is 6. The number of primary amides is 1. The Morgan fingerprint density at radius 1 is 1.04 bits per heavy atom. The summed E-state index contributed by atoms with van der Waals surface area (Å²) in [7, 11) is 0. The van der Waals surface area contributed by atoms with E-state index in [1.165, 1.54) is 0 Å². The van der Waals surface area contributed by atoms with Gasteiger partial charge < -0.3 is 10.5 Å². The molecule has 0 fully saturated rings. The van der Waals surface area contributed by atoms with Crippen LogP contribution in [0.4, 0.5) is 0 Å². The van der Waals surface area contributed by atoms with Crippen molar-refractivity contribution in [3.8, 4) is 5.75 Å². The number of hydrogen-bond acceptors (Lipinski definition) is 3. The van der Waals surface area contributed by atoms with Crippen molar-refractivity contribution in [2.24, 2.45) is 5.73 Å². The second kappa shape index (κ2) is 8.32. The van der Waals surface area contributed by atoms with Gasteiger partial charge in [-0.15, -0.1) is 0 Å². The predicted octanol–water partition coefficient (Wildman–Crippen LogP) is 4.34. The van der Waals surface area contributed by atoms with Crippen molar-refractivity contribution in [1.82, 2.24) is 4.98 Å². The van der Waals surface area contributed by atoms with E-state index >= 15 is 0 Å². The maximum atomic E-state index is 11.9. The number of pyridine rings is 1. The molecule has 0 aliphatic rings. The zero-order chi connectivity index (χ0) is 18.4. The third-order valence-electron chi connectivity index (χ3n) is 3.72. The Hall–Kier alpha value is -3.11. The van der Waals surface area contributed by atoms with E-state index in [2.05, 4.69) is 4.98 Å². The SMILES string of the molecule is NC(=O)C(=Cc1ccc(Cl)cc1)c1ccc(OCc2ccccn2)cc1. The highest BCUT2D eigenvalue weighted by Gasteiger charge is 2.09. The van der Waals surface area contributed by atoms with Gasteiger partial charge in [-0.2, -0.15) is 0 Å². The minimum atomic E-state index is -0.498. The lowest BCUT2D eigenvalue weighted by atomic mass is 10.0. The Bertz CT molecular complexity index is 905. The molecule has 3 rings (SSSR count). The average Bonchev–Trinajstić information content (AvgIpc) is 2.67. The molecule has 2 N–H and O–H groups in total. The smallest absolute Gasteiger partial charge is 0.249 e. The fourth-order valence-corrected chi connectivity index (χ4v) is 2.52. The Morgan fingerprint density at radius 3 is 2.38 bits per heavy atom. The molecule has 0 radical (unpaired) electrons. The van der Waals surface area contributed by atoms with Crippen LogP contribution in [0.2, 0.25) is 5.02 Å². The predicted molar refractivity (Wildman–Crippen MR) is 104 cm³/mol. The van der Waals surface area contributed by atoms with E-state index in [1.54, 1.807) is 48.7 Å². The zero-order valence-corrected chi connectivity index (χ0v) is 14.7. The van der Waals surface area contributed by atoms with Crippen LogP contribution in [0, 0.1) is 0 Å². The lowest BCUT2D eigenvalue weighted by molar-refractivity contribution is -0.112. The van der Waals surface area contributed by atoms with Crippen molar-refractivity contribution in [2.45, 2.75) is 6.61 Å². The summed E-state index contributed by atoms with van der Waals surface area (Å²) in [4.78, 5) is 16.1. The van der Waals surface area contributed by atoms with Crippen LogP contribution in [-0.4, -0.2) is 10.9 Å². The van der Waals surface area contributed by atoms with E-state index in [0.29, 0.717) is 23.0 Å². The highest BCUT2D eigenvalue weighted by Crippen LogP contribution is 2.22. The van der Waals surface area contributed by atoms with Crippen molar-refractivity contribution >= 4 is 29.2 Å². The average molecular weight is 365 g/mol. The third kappa shape index (κ3) is 4.71. The number of carbonyl (C=O) groups excluding carboxylic acids is 1. The highest BCUT2D eigenvalue weighted by molar-refractivity contribution is 6.30. The summed E-state index contributed by atoms with van der Waals surface area (Å²) in [5.74, 6) is 0.192. The molecule has 0 bridgehead atoms. The third-order valence-corrected chi connectivity index (χ3v) is 3.98. The van der Waals surface area contributed by atoms with Gasteiger partial charge in [0.15, 0.2) is 0 Å². The molecular weight excluding hydrogens is 348 g/mol. The summed E-state index contributed by atoms with van der Waals surface area (Å²) in [5.41, 5.74) is 8.38. The standard InChI is InChI=1S/C21H17ClN2O2/c22-17-8-4-15(5-9-17)13-20(21(23)25)16-6-10-19(11-7-16)26-14-18-3-1-2-12-24-18/h1-13H,14H2,(H2,23,25). The number of nitrogens with two attached hydrogens (primary N) is 1. The molecule has 26 heavy (non-hydrogen) atoms. The van der Waals surface area contributed by atoms with E-state index < -0.39 is 5.91 Å². The van der Waals surface area contributed by atoms with Crippen LogP contribution in [0.15, 0.2) is 72.9 Å². The fourth-order valence-electron chi connectivity index (χ4n) is 2.39. The summed E-state index contributed by atoms with van der Waals surface area (Å²) in [5, 5.41) is 0.636. The molecule has 1 aromatic heterocycles. The number of benzene rings is 2. The second-order valence-electron chi connectivity index (χ2n) is 5.61. The Kier molecular flexibility index (Phi) is 5.66. The molecule has 0 atom stereocenters. The van der Waals surface area contributed by atoms with Crippen LogP contribution in [0.5, 0.6) is 5.75 Å². The van der Waals surface area contributed by atoms with Gasteiger partial charge in [0.05, 0.1) is 5.69 Å². The molecule has 5 heteroatoms. The number of carbonyl (C=O) groups is 1. The molecule has 0 aliphatic carbocycles. The number of aromatic nitrogens is 1. The molecule has 2 aromatic carbocycles. The molecule has 4 nitrogen and oxygen atoms in total. The van der Waals surface area contributed by atoms with Gasteiger partial charge in [-0.3, -0.25) is 9.78 Å². The van der Waals surface area contributed by atoms with Crippen molar-refractivity contribution in [3.63, 3.8) is 0 Å². The molecule has 130 valence electrons. The van der Waals surface area contributed by atoms with Crippen LogP contribution in [-0.2, 0) is 11.4 Å². The van der Waals surface area contributed by atoms with Crippen LogP contribution >= 0.6 is 11.6 Å². The normalized spacial score (nSPS) is 11.2. The van der Waals surface area contributed by atoms with Gasteiger partial charge in [0.2, 0.25) is 5.91 Å². The van der Waals surface area contributed by atoms with Crippen LogP contribution in [0.25, 0.3) is 11.6 Å². The summed E-state index contributed by atoms with van der Waals surface area (Å²) >= 11 is 5.89. The van der Waals surface area contributed by atoms with Gasteiger partial charge in [-0.25, -0.2) is 0 Å². The molecule has 0 saturated heterocycles. The van der Waals surface area contributed by atoms with E-state index in [4.69, 9.17) is 22.1 Å².